The van der Waals surface area contributed by atoms with E-state index in [9.17, 15) is 0 Å². The summed E-state index contributed by atoms with van der Waals surface area (Å²) in [4.78, 5) is 2.42. The van der Waals surface area contributed by atoms with Crippen LogP contribution in [-0.4, -0.2) is 0 Å². The minimum atomic E-state index is -0.633. The zero-order valence-electron chi connectivity index (χ0n) is 42.6. The Balaban J connectivity index is 0.864. The molecule has 0 radical (unpaired) electrons. The molecule has 0 unspecified atom stereocenters. The number of hydrogen-bond donors (Lipinski definition) is 0. The number of anilines is 3. The van der Waals surface area contributed by atoms with Gasteiger partial charge in [-0.1, -0.05) is 255 Å². The molecule has 3 aliphatic rings. The third-order valence-electron chi connectivity index (χ3n) is 17.2. The van der Waals surface area contributed by atoms with Crippen molar-refractivity contribution in [3.05, 3.63) is 342 Å². The summed E-state index contributed by atoms with van der Waals surface area (Å²) in [5.41, 5.74) is 21.8. The van der Waals surface area contributed by atoms with E-state index >= 15 is 0 Å². The average molecular weight is 992 g/mol. The van der Waals surface area contributed by atoms with E-state index < -0.39 is 10.8 Å². The van der Waals surface area contributed by atoms with Gasteiger partial charge in [-0.05, 0) is 131 Å². The van der Waals surface area contributed by atoms with Gasteiger partial charge >= 0.3 is 0 Å². The maximum absolute atomic E-state index is 7.26. The molecule has 0 atom stereocenters. The van der Waals surface area contributed by atoms with Crippen LogP contribution in [0.15, 0.2) is 297 Å². The standard InChI is InChI=1S/C76H49NO/c1-4-18-50(19-5-1)51-32-39-58(40-33-51)77(60-43-47-69-66(49-60)64-29-15-16-30-67(64)75(69,56-22-6-2-7-23-56)57-24-8-3-9-25-57)59-41-34-52(35-42-59)55-36-44-65-63-28-14-17-31-68(63)76(72(65)48-55)70-45-37-53-20-10-12-26-61(53)73(70)78-74-62-27-13-11-21-54(62)38-46-71(74)76/h1-49H. The van der Waals surface area contributed by atoms with Crippen LogP contribution in [-0.2, 0) is 10.8 Å². The van der Waals surface area contributed by atoms with Gasteiger partial charge in [0.25, 0.3) is 0 Å². The van der Waals surface area contributed by atoms with Crippen molar-refractivity contribution in [2.24, 2.45) is 0 Å². The van der Waals surface area contributed by atoms with Gasteiger partial charge in [0.1, 0.15) is 11.5 Å². The lowest BCUT2D eigenvalue weighted by Gasteiger charge is -2.40. The van der Waals surface area contributed by atoms with Crippen molar-refractivity contribution in [1.29, 1.82) is 0 Å². The van der Waals surface area contributed by atoms with Crippen LogP contribution in [0, 0.1) is 0 Å². The number of fused-ring (bicyclic) bond motifs is 16. The summed E-state index contributed by atoms with van der Waals surface area (Å²) in [6, 6.07) is 110. The fourth-order valence-corrected chi connectivity index (χ4v) is 13.8. The molecule has 0 amide bonds. The zero-order chi connectivity index (χ0) is 51.4. The lowest BCUT2D eigenvalue weighted by Crippen LogP contribution is -2.32. The summed E-state index contributed by atoms with van der Waals surface area (Å²) >= 11 is 0. The number of ether oxygens (including phenoxy) is 1. The topological polar surface area (TPSA) is 12.5 Å². The predicted octanol–water partition coefficient (Wildman–Crippen LogP) is 19.6. The summed E-state index contributed by atoms with van der Waals surface area (Å²) in [5.74, 6) is 1.85. The number of rotatable bonds is 7. The van der Waals surface area contributed by atoms with Crippen molar-refractivity contribution in [3.63, 3.8) is 0 Å². The second-order valence-electron chi connectivity index (χ2n) is 21.0. The Labute approximate surface area is 454 Å². The Kier molecular flexibility index (Phi) is 9.80. The highest BCUT2D eigenvalue weighted by atomic mass is 16.5. The van der Waals surface area contributed by atoms with Crippen molar-refractivity contribution < 1.29 is 4.74 Å². The molecule has 13 aromatic rings. The minimum Gasteiger partial charge on any atom is -0.455 e. The second kappa shape index (κ2) is 17.3. The highest BCUT2D eigenvalue weighted by Crippen LogP contribution is 2.64. The van der Waals surface area contributed by atoms with Crippen LogP contribution in [0.1, 0.15) is 44.5 Å². The first kappa shape index (κ1) is 44.3. The van der Waals surface area contributed by atoms with E-state index in [-0.39, 0.29) is 0 Å². The Morgan fingerprint density at radius 1 is 0.244 bits per heavy atom. The maximum atomic E-state index is 7.26. The fourth-order valence-electron chi connectivity index (χ4n) is 13.8. The van der Waals surface area contributed by atoms with Crippen LogP contribution in [0.3, 0.4) is 0 Å². The van der Waals surface area contributed by atoms with Crippen LogP contribution >= 0.6 is 0 Å². The molecule has 16 rings (SSSR count). The Bertz CT molecular complexity index is 4380. The summed E-state index contributed by atoms with van der Waals surface area (Å²) in [6.07, 6.45) is 0. The Hall–Kier alpha value is -10.0. The van der Waals surface area contributed by atoms with Crippen LogP contribution in [0.5, 0.6) is 11.5 Å². The van der Waals surface area contributed by atoms with Gasteiger partial charge in [0.15, 0.2) is 0 Å². The molecule has 1 aliphatic heterocycles. The highest BCUT2D eigenvalue weighted by Gasteiger charge is 2.52. The molecule has 2 aliphatic carbocycles. The molecule has 0 saturated carbocycles. The van der Waals surface area contributed by atoms with Gasteiger partial charge in [-0.2, -0.15) is 0 Å². The lowest BCUT2D eigenvalue weighted by atomic mass is 9.65. The molecule has 0 aromatic heterocycles. The van der Waals surface area contributed by atoms with Crippen LogP contribution in [0.2, 0.25) is 0 Å². The SMILES string of the molecule is c1ccc(-c2ccc(N(c3ccc(-c4ccc5c(c4)C4(c6ccccc6-5)c5ccc6ccccc6c5Oc5c4ccc4ccccc54)cc3)c3ccc4c(c3)-c3ccccc3C4(c3ccccc3)c3ccccc3)cc2)cc1. The van der Waals surface area contributed by atoms with E-state index in [1.165, 1.54) is 77.9 Å². The molecule has 13 aromatic carbocycles. The van der Waals surface area contributed by atoms with E-state index in [2.05, 4.69) is 302 Å². The van der Waals surface area contributed by atoms with Gasteiger partial charge in [-0.15, -0.1) is 0 Å². The van der Waals surface area contributed by atoms with Gasteiger partial charge in [0.2, 0.25) is 0 Å². The zero-order valence-corrected chi connectivity index (χ0v) is 42.6. The maximum Gasteiger partial charge on any atom is 0.140 e. The molecular weight excluding hydrogens is 943 g/mol. The van der Waals surface area contributed by atoms with Crippen molar-refractivity contribution in [2.75, 3.05) is 4.90 Å². The second-order valence-corrected chi connectivity index (χ2v) is 21.0. The third kappa shape index (κ3) is 6.32. The van der Waals surface area contributed by atoms with Crippen molar-refractivity contribution in [2.45, 2.75) is 10.8 Å². The minimum absolute atomic E-state index is 0.483. The number of nitrogens with zero attached hydrogens (tertiary/aromatic N) is 1. The normalized spacial score (nSPS) is 13.7. The van der Waals surface area contributed by atoms with Crippen molar-refractivity contribution in [1.82, 2.24) is 0 Å². The molecule has 0 bridgehead atoms. The number of benzene rings is 13. The summed E-state index contributed by atoms with van der Waals surface area (Å²) in [7, 11) is 0. The van der Waals surface area contributed by atoms with Gasteiger partial charge in [-0.25, -0.2) is 0 Å². The Morgan fingerprint density at radius 3 is 1.24 bits per heavy atom. The fraction of sp³-hybridized carbons (Fsp3) is 0.0263. The lowest BCUT2D eigenvalue weighted by molar-refractivity contribution is 0.447. The van der Waals surface area contributed by atoms with Crippen LogP contribution < -0.4 is 9.64 Å². The average Bonchev–Trinajstić information content (AvgIpc) is 2.88. The molecule has 364 valence electrons. The molecule has 1 heterocycles. The largest absolute Gasteiger partial charge is 0.455 e. The summed E-state index contributed by atoms with van der Waals surface area (Å²) < 4.78 is 7.26. The molecule has 0 N–H and O–H groups in total. The predicted molar refractivity (Wildman–Crippen MR) is 322 cm³/mol. The van der Waals surface area contributed by atoms with Gasteiger partial charge in [0.05, 0.1) is 10.8 Å². The quantitative estimate of drug-likeness (QED) is 0.158. The molecule has 1 spiro atoms. The van der Waals surface area contributed by atoms with Gasteiger partial charge in [0, 0.05) is 39.0 Å². The molecule has 0 saturated heterocycles. The van der Waals surface area contributed by atoms with Crippen molar-refractivity contribution >= 4 is 38.6 Å². The number of hydrogen-bond acceptors (Lipinski definition) is 2. The molecule has 0 fully saturated rings. The smallest absolute Gasteiger partial charge is 0.140 e. The third-order valence-corrected chi connectivity index (χ3v) is 17.2. The van der Waals surface area contributed by atoms with Crippen molar-refractivity contribution in [3.8, 4) is 56.0 Å². The van der Waals surface area contributed by atoms with Gasteiger partial charge < -0.3 is 9.64 Å². The molecule has 2 heteroatoms. The summed E-state index contributed by atoms with van der Waals surface area (Å²) in [6.45, 7) is 0. The van der Waals surface area contributed by atoms with E-state index in [0.29, 0.717) is 0 Å². The first-order valence-electron chi connectivity index (χ1n) is 27.1. The van der Waals surface area contributed by atoms with E-state index in [1.54, 1.807) is 0 Å². The van der Waals surface area contributed by atoms with Gasteiger partial charge in [-0.3, -0.25) is 0 Å². The molecule has 78 heavy (non-hydrogen) atoms. The first-order chi connectivity index (χ1) is 38.7. The summed E-state index contributed by atoms with van der Waals surface area (Å²) in [5, 5.41) is 4.55. The van der Waals surface area contributed by atoms with E-state index in [1.807, 2.05) is 0 Å². The highest BCUT2D eigenvalue weighted by molar-refractivity contribution is 6.00. The monoisotopic (exact) mass is 991 g/mol. The van der Waals surface area contributed by atoms with E-state index in [4.69, 9.17) is 4.74 Å². The first-order valence-corrected chi connectivity index (χ1v) is 27.1. The molecule has 2 nitrogen and oxygen atoms in total. The van der Waals surface area contributed by atoms with Crippen LogP contribution in [0.25, 0.3) is 66.1 Å². The van der Waals surface area contributed by atoms with Crippen LogP contribution in [0.4, 0.5) is 17.1 Å². The Morgan fingerprint density at radius 2 is 0.654 bits per heavy atom. The van der Waals surface area contributed by atoms with E-state index in [0.717, 1.165) is 61.2 Å². The molecular formula is C76H49NO.